The van der Waals surface area contributed by atoms with Crippen molar-refractivity contribution in [2.45, 2.75) is 134 Å². The molecule has 0 N–H and O–H groups in total. The Labute approximate surface area is 344 Å². The number of nitrogens with zero attached hydrogens (tertiary/aromatic N) is 3. The number of anilines is 1. The SMILES string of the molecule is CCCCCCCCCC(C=C=[N+]=[N-])=C(c1ccc(CCCCCC)cc1)c1ccc(N(CC)CC)cc1.c1ccc(C[CH2][Pd][CH2]Cc2ccccc2)cc1. The zero-order chi connectivity index (χ0) is 39.2. The minimum atomic E-state index is 0.891. The minimum absolute atomic E-state index is 0.891. The van der Waals surface area contributed by atoms with Gasteiger partial charge in [-0.05, 0) is 79.5 Å². The van der Waals surface area contributed by atoms with Gasteiger partial charge in [-0.15, -0.1) is 4.79 Å². The van der Waals surface area contributed by atoms with Gasteiger partial charge in [0.05, 0.1) is 6.08 Å². The molecule has 0 saturated carbocycles. The summed E-state index contributed by atoms with van der Waals surface area (Å²) in [6.45, 7) is 10.9. The van der Waals surface area contributed by atoms with Gasteiger partial charge in [-0.25, -0.2) is 0 Å². The van der Waals surface area contributed by atoms with Crippen LogP contribution in [-0.4, -0.2) is 23.7 Å². The summed E-state index contributed by atoms with van der Waals surface area (Å²) in [4.78, 5) is 8.28. The summed E-state index contributed by atoms with van der Waals surface area (Å²) in [5.41, 5.74) is 19.6. The van der Waals surface area contributed by atoms with Gasteiger partial charge in [-0.3, -0.25) is 0 Å². The number of allylic oxidation sites excluding steroid dienone is 2. The summed E-state index contributed by atoms with van der Waals surface area (Å²) in [6.07, 6.45) is 20.5. The fourth-order valence-corrected chi connectivity index (χ4v) is 8.71. The van der Waals surface area contributed by atoms with E-state index in [1.165, 1.54) is 131 Å². The van der Waals surface area contributed by atoms with Gasteiger partial charge in [-0.1, -0.05) is 108 Å². The third-order valence-electron chi connectivity index (χ3n) is 10.2. The van der Waals surface area contributed by atoms with E-state index >= 15 is 0 Å². The molecule has 298 valence electrons. The summed E-state index contributed by atoms with van der Waals surface area (Å²) in [6, 6.07) is 39.7. The molecule has 0 bridgehead atoms. The molecule has 0 unspecified atom stereocenters. The van der Waals surface area contributed by atoms with Crippen LogP contribution in [0.1, 0.15) is 133 Å². The van der Waals surface area contributed by atoms with E-state index in [-0.39, 0.29) is 0 Å². The van der Waals surface area contributed by atoms with E-state index in [2.05, 4.69) is 152 Å². The number of benzene rings is 4. The van der Waals surface area contributed by atoms with Crippen molar-refractivity contribution in [3.05, 3.63) is 154 Å². The van der Waals surface area contributed by atoms with Crippen molar-refractivity contribution in [3.8, 4) is 0 Å². The number of unbranched alkanes of at least 4 members (excludes halogenated alkanes) is 9. The molecule has 4 heteroatoms. The fourth-order valence-electron chi connectivity index (χ4n) is 6.87. The number of aryl methyl sites for hydroxylation is 3. The van der Waals surface area contributed by atoms with E-state index in [1.807, 2.05) is 6.08 Å². The van der Waals surface area contributed by atoms with Crippen LogP contribution in [0.2, 0.25) is 9.79 Å². The molecule has 0 spiro atoms. The first-order chi connectivity index (χ1) is 27.1. The summed E-state index contributed by atoms with van der Waals surface area (Å²) in [5, 5.41) is 0. The molecule has 0 heterocycles. The quantitative estimate of drug-likeness (QED) is 0.0164. The second-order valence-electron chi connectivity index (χ2n) is 14.3. The summed E-state index contributed by atoms with van der Waals surface area (Å²) in [7, 11) is 0. The molecule has 4 aromatic carbocycles. The third-order valence-corrected chi connectivity index (χ3v) is 12.0. The van der Waals surface area contributed by atoms with Crippen molar-refractivity contribution in [1.82, 2.24) is 0 Å². The molecule has 0 aliphatic carbocycles. The van der Waals surface area contributed by atoms with Gasteiger partial charge in [-0.2, -0.15) is 0 Å². The normalized spacial score (nSPS) is 11.2. The summed E-state index contributed by atoms with van der Waals surface area (Å²) >= 11 is 0.891. The van der Waals surface area contributed by atoms with Crippen LogP contribution < -0.4 is 4.90 Å². The molecular formula is C51H69N3Pd. The second kappa shape index (κ2) is 29.5. The van der Waals surface area contributed by atoms with E-state index in [4.69, 9.17) is 0 Å². The first-order valence-electron chi connectivity index (χ1n) is 21.3. The molecule has 0 fully saturated rings. The van der Waals surface area contributed by atoms with E-state index in [1.54, 1.807) is 0 Å². The second-order valence-corrected chi connectivity index (χ2v) is 16.6. The van der Waals surface area contributed by atoms with Crippen molar-refractivity contribution in [2.24, 2.45) is 0 Å². The van der Waals surface area contributed by atoms with E-state index in [0.29, 0.717) is 0 Å². The molecule has 0 radical (unpaired) electrons. The van der Waals surface area contributed by atoms with Gasteiger partial charge in [0, 0.05) is 18.8 Å². The maximum absolute atomic E-state index is 9.19. The van der Waals surface area contributed by atoms with Gasteiger partial charge in [0.2, 0.25) is 0 Å². The van der Waals surface area contributed by atoms with Crippen molar-refractivity contribution in [1.29, 1.82) is 0 Å². The zero-order valence-electron chi connectivity index (χ0n) is 34.6. The fraction of sp³-hybridized carbons (Fsp3) is 0.451. The Hall–Kier alpha value is -3.76. The standard InChI is InChI=1S/C35H51N3.2C8H9.Pd/c1-5-9-11-13-14-15-17-19-31(28-29-37-36)35(33-24-26-34(27-25-33)38(7-3)8-4)32-22-20-30(21-23-32)18-16-12-10-6-2;2*1-2-8-6-4-3-5-7-8;/h20-28H,5-19H2,1-4H3;2*3-7H,1-2H2;. The Kier molecular flexibility index (Phi) is 24.5. The zero-order valence-corrected chi connectivity index (χ0v) is 36.1. The molecule has 0 amide bonds. The van der Waals surface area contributed by atoms with Crippen LogP contribution >= 0.6 is 0 Å². The topological polar surface area (TPSA) is 39.6 Å². The van der Waals surface area contributed by atoms with Crippen LogP contribution in [0.25, 0.3) is 11.1 Å². The van der Waals surface area contributed by atoms with Crippen molar-refractivity contribution in [2.75, 3.05) is 18.0 Å². The van der Waals surface area contributed by atoms with Crippen LogP contribution in [0, 0.1) is 0 Å². The molecule has 0 aliphatic rings. The van der Waals surface area contributed by atoms with Crippen molar-refractivity contribution < 1.29 is 22.8 Å². The molecule has 3 nitrogen and oxygen atoms in total. The van der Waals surface area contributed by atoms with E-state index in [9.17, 15) is 5.53 Å². The Morgan fingerprint density at radius 3 is 1.55 bits per heavy atom. The third kappa shape index (κ3) is 18.6. The van der Waals surface area contributed by atoms with Crippen LogP contribution in [-0.2, 0) is 37.2 Å². The Morgan fingerprint density at radius 2 is 1.04 bits per heavy atom. The molecule has 0 aromatic heterocycles. The molecule has 0 aliphatic heterocycles. The molecule has 4 aromatic rings. The van der Waals surface area contributed by atoms with E-state index in [0.717, 1.165) is 50.3 Å². The molecule has 0 saturated heterocycles. The Morgan fingerprint density at radius 1 is 0.564 bits per heavy atom. The van der Waals surface area contributed by atoms with Crippen LogP contribution in [0.3, 0.4) is 0 Å². The molecule has 55 heavy (non-hydrogen) atoms. The van der Waals surface area contributed by atoms with Crippen LogP contribution in [0.5, 0.6) is 0 Å². The number of hydrogen-bond donors (Lipinski definition) is 0. The van der Waals surface area contributed by atoms with Gasteiger partial charge in [0.1, 0.15) is 0 Å². The first-order valence-corrected chi connectivity index (χ1v) is 23.5. The predicted molar refractivity (Wildman–Crippen MR) is 236 cm³/mol. The first kappa shape index (κ1) is 45.6. The Balaban J connectivity index is 0.000000394. The van der Waals surface area contributed by atoms with Gasteiger partial charge < -0.3 is 10.4 Å². The molecular weight excluding hydrogens is 761 g/mol. The maximum atomic E-state index is 9.19. The summed E-state index contributed by atoms with van der Waals surface area (Å²) in [5.74, 6) is 2.73. The van der Waals surface area contributed by atoms with Gasteiger partial charge in [0.25, 0.3) is 5.87 Å². The van der Waals surface area contributed by atoms with Gasteiger partial charge in [0.15, 0.2) is 0 Å². The van der Waals surface area contributed by atoms with Crippen LogP contribution in [0.4, 0.5) is 5.69 Å². The monoisotopic (exact) mass is 829 g/mol. The average Bonchev–Trinajstić information content (AvgIpc) is 3.23. The van der Waals surface area contributed by atoms with Crippen LogP contribution in [0.15, 0.2) is 121 Å². The number of rotatable bonds is 25. The van der Waals surface area contributed by atoms with Gasteiger partial charge >= 0.3 is 112 Å². The van der Waals surface area contributed by atoms with Crippen molar-refractivity contribution in [3.63, 3.8) is 0 Å². The summed E-state index contributed by atoms with van der Waals surface area (Å²) < 4.78 is 0. The molecule has 0 atom stereocenters. The average molecular weight is 831 g/mol. The van der Waals surface area contributed by atoms with E-state index < -0.39 is 0 Å². The van der Waals surface area contributed by atoms with Crippen molar-refractivity contribution >= 4 is 17.1 Å². The number of hydrogen-bond acceptors (Lipinski definition) is 1. The predicted octanol–water partition coefficient (Wildman–Crippen LogP) is 14.4. The Bertz CT molecular complexity index is 1620. The molecule has 4 rings (SSSR count).